The maximum absolute atomic E-state index is 11.1. The van der Waals surface area contributed by atoms with Crippen LogP contribution in [-0.4, -0.2) is 47.2 Å². The molecule has 0 radical (unpaired) electrons. The lowest BCUT2D eigenvalue weighted by molar-refractivity contribution is -0.146. The van der Waals surface area contributed by atoms with Crippen LogP contribution >= 0.6 is 11.8 Å². The second kappa shape index (κ2) is 5.27. The summed E-state index contributed by atoms with van der Waals surface area (Å²) >= 11 is 1.85. The van der Waals surface area contributed by atoms with E-state index in [4.69, 9.17) is 9.84 Å². The Kier molecular flexibility index (Phi) is 3.93. The van der Waals surface area contributed by atoms with Gasteiger partial charge in [-0.05, 0) is 30.9 Å². The minimum atomic E-state index is -0.954. The Bertz CT molecular complexity index is 304. The van der Waals surface area contributed by atoms with Gasteiger partial charge in [0.1, 0.15) is 6.04 Å². The molecule has 1 spiro atoms. The number of carbonyl (C=O) groups is 2. The minimum Gasteiger partial charge on any atom is -0.480 e. The molecule has 0 saturated carbocycles. The predicted octanol–water partition coefficient (Wildman–Crippen LogP) is 0.488. The van der Waals surface area contributed by atoms with Crippen molar-refractivity contribution in [3.05, 3.63) is 0 Å². The molecule has 3 unspecified atom stereocenters. The van der Waals surface area contributed by atoms with Crippen molar-refractivity contribution in [2.24, 2.45) is 5.92 Å². The van der Waals surface area contributed by atoms with E-state index in [1.165, 1.54) is 0 Å². The molecule has 2 fully saturated rings. The van der Waals surface area contributed by atoms with Crippen LogP contribution in [0.1, 0.15) is 19.3 Å². The van der Waals surface area contributed by atoms with Crippen molar-refractivity contribution in [2.45, 2.75) is 30.9 Å². The van der Waals surface area contributed by atoms with Crippen LogP contribution in [0.5, 0.6) is 0 Å². The van der Waals surface area contributed by atoms with E-state index in [1.54, 1.807) is 0 Å². The molecule has 0 aromatic heterocycles. The smallest absolute Gasteiger partial charge is 0.326 e. The van der Waals surface area contributed by atoms with Crippen molar-refractivity contribution in [3.8, 4) is 0 Å². The number of carboxylic acid groups (broad SMARTS) is 1. The molecule has 2 heterocycles. The SMILES string of the molecule is O=CNC(C(=O)O)C1CCOC2(CCSC2)C1. The highest BCUT2D eigenvalue weighted by Crippen LogP contribution is 2.41. The minimum absolute atomic E-state index is 0.0230. The molecule has 0 aromatic carbocycles. The zero-order chi connectivity index (χ0) is 12.3. The highest BCUT2D eigenvalue weighted by molar-refractivity contribution is 7.99. The van der Waals surface area contributed by atoms with E-state index in [1.807, 2.05) is 11.8 Å². The van der Waals surface area contributed by atoms with E-state index in [9.17, 15) is 9.59 Å². The largest absolute Gasteiger partial charge is 0.480 e. The number of carboxylic acids is 1. The van der Waals surface area contributed by atoms with E-state index in [0.717, 1.165) is 24.3 Å². The van der Waals surface area contributed by atoms with Crippen molar-refractivity contribution in [1.29, 1.82) is 0 Å². The molecule has 17 heavy (non-hydrogen) atoms. The molecule has 1 amide bonds. The van der Waals surface area contributed by atoms with Gasteiger partial charge >= 0.3 is 5.97 Å². The predicted molar refractivity (Wildman–Crippen MR) is 64.0 cm³/mol. The summed E-state index contributed by atoms with van der Waals surface area (Å²) < 4.78 is 5.83. The molecule has 2 aliphatic rings. The van der Waals surface area contributed by atoms with E-state index in [2.05, 4.69) is 5.32 Å². The zero-order valence-electron chi connectivity index (χ0n) is 9.55. The number of hydrogen-bond acceptors (Lipinski definition) is 4. The fourth-order valence-electron chi connectivity index (χ4n) is 2.70. The third-order valence-electron chi connectivity index (χ3n) is 3.58. The van der Waals surface area contributed by atoms with Gasteiger partial charge in [0.05, 0.1) is 5.60 Å². The van der Waals surface area contributed by atoms with Crippen molar-refractivity contribution in [3.63, 3.8) is 0 Å². The summed E-state index contributed by atoms with van der Waals surface area (Å²) in [5, 5.41) is 11.5. The van der Waals surface area contributed by atoms with Gasteiger partial charge in [0.25, 0.3) is 0 Å². The van der Waals surface area contributed by atoms with Gasteiger partial charge in [0.15, 0.2) is 0 Å². The van der Waals surface area contributed by atoms with E-state index < -0.39 is 12.0 Å². The topological polar surface area (TPSA) is 75.6 Å². The fraction of sp³-hybridized carbons (Fsp3) is 0.818. The average molecular weight is 259 g/mol. The molecule has 0 bridgehead atoms. The van der Waals surface area contributed by atoms with Crippen LogP contribution in [-0.2, 0) is 14.3 Å². The summed E-state index contributed by atoms with van der Waals surface area (Å²) in [5.41, 5.74) is -0.147. The van der Waals surface area contributed by atoms with Crippen molar-refractivity contribution in [1.82, 2.24) is 5.32 Å². The van der Waals surface area contributed by atoms with Crippen LogP contribution in [0.2, 0.25) is 0 Å². The summed E-state index contributed by atoms with van der Waals surface area (Å²) in [4.78, 5) is 21.6. The Labute approximate surface area is 104 Å². The number of nitrogens with one attached hydrogen (secondary N) is 1. The Morgan fingerprint density at radius 1 is 1.65 bits per heavy atom. The molecule has 2 N–H and O–H groups in total. The first-order chi connectivity index (χ1) is 8.17. The van der Waals surface area contributed by atoms with Gasteiger partial charge in [-0.3, -0.25) is 4.79 Å². The molecular formula is C11H17NO4S. The van der Waals surface area contributed by atoms with Crippen LogP contribution in [0.3, 0.4) is 0 Å². The van der Waals surface area contributed by atoms with Crippen LogP contribution < -0.4 is 5.32 Å². The highest BCUT2D eigenvalue weighted by Gasteiger charge is 2.43. The first-order valence-electron chi connectivity index (χ1n) is 5.81. The highest BCUT2D eigenvalue weighted by atomic mass is 32.2. The quantitative estimate of drug-likeness (QED) is 0.719. The molecule has 3 atom stereocenters. The molecular weight excluding hydrogens is 242 g/mol. The van der Waals surface area contributed by atoms with Gasteiger partial charge in [0.2, 0.25) is 6.41 Å². The fourth-order valence-corrected chi connectivity index (χ4v) is 4.07. The van der Waals surface area contributed by atoms with Gasteiger partial charge in [-0.1, -0.05) is 0 Å². The molecule has 0 aromatic rings. The monoisotopic (exact) mass is 259 g/mol. The lowest BCUT2D eigenvalue weighted by Gasteiger charge is -2.39. The molecule has 96 valence electrons. The molecule has 0 aliphatic carbocycles. The van der Waals surface area contributed by atoms with Gasteiger partial charge < -0.3 is 15.2 Å². The maximum Gasteiger partial charge on any atom is 0.326 e. The molecule has 2 saturated heterocycles. The van der Waals surface area contributed by atoms with Crippen LogP contribution in [0.4, 0.5) is 0 Å². The standard InChI is InChI=1S/C11H17NO4S/c13-7-12-9(10(14)15)8-1-3-16-11(5-8)2-4-17-6-11/h7-9H,1-6H2,(H,12,13)(H,14,15). The van der Waals surface area contributed by atoms with Gasteiger partial charge in [-0.2, -0.15) is 11.8 Å². The second-order valence-electron chi connectivity index (χ2n) is 4.69. The molecule has 2 rings (SSSR count). The zero-order valence-corrected chi connectivity index (χ0v) is 10.4. The van der Waals surface area contributed by atoms with Gasteiger partial charge in [-0.25, -0.2) is 4.79 Å². The Balaban J connectivity index is 2.04. The second-order valence-corrected chi connectivity index (χ2v) is 5.79. The van der Waals surface area contributed by atoms with Crippen LogP contribution in [0.25, 0.3) is 0 Å². The number of carbonyl (C=O) groups excluding carboxylic acids is 1. The number of rotatable bonds is 4. The normalized spacial score (nSPS) is 34.5. The lowest BCUT2D eigenvalue weighted by atomic mass is 9.81. The summed E-state index contributed by atoms with van der Waals surface area (Å²) in [7, 11) is 0. The summed E-state index contributed by atoms with van der Waals surface area (Å²) in [6.45, 7) is 0.593. The van der Waals surface area contributed by atoms with E-state index in [0.29, 0.717) is 19.4 Å². The number of hydrogen-bond donors (Lipinski definition) is 2. The van der Waals surface area contributed by atoms with Gasteiger partial charge in [-0.15, -0.1) is 0 Å². The Morgan fingerprint density at radius 3 is 3.06 bits per heavy atom. The van der Waals surface area contributed by atoms with Crippen LogP contribution in [0, 0.1) is 5.92 Å². The Morgan fingerprint density at radius 2 is 2.47 bits per heavy atom. The number of aliphatic carboxylic acids is 1. The molecule has 2 aliphatic heterocycles. The van der Waals surface area contributed by atoms with Crippen molar-refractivity contribution < 1.29 is 19.4 Å². The van der Waals surface area contributed by atoms with Gasteiger partial charge in [0, 0.05) is 12.4 Å². The number of amides is 1. The summed E-state index contributed by atoms with van der Waals surface area (Å²) in [6.07, 6.45) is 2.90. The average Bonchev–Trinajstić information content (AvgIpc) is 2.73. The summed E-state index contributed by atoms with van der Waals surface area (Å²) in [5.74, 6) is 1.04. The van der Waals surface area contributed by atoms with Crippen molar-refractivity contribution in [2.75, 3.05) is 18.1 Å². The van der Waals surface area contributed by atoms with Crippen molar-refractivity contribution >= 4 is 24.1 Å². The third-order valence-corrected chi connectivity index (χ3v) is 4.81. The summed E-state index contributed by atoms with van der Waals surface area (Å²) in [6, 6.07) is -0.779. The maximum atomic E-state index is 11.1. The molecule has 5 nitrogen and oxygen atoms in total. The number of thioether (sulfide) groups is 1. The first kappa shape index (κ1) is 12.7. The molecule has 6 heteroatoms. The number of ether oxygens (including phenoxy) is 1. The first-order valence-corrected chi connectivity index (χ1v) is 6.96. The van der Waals surface area contributed by atoms with Crippen LogP contribution in [0.15, 0.2) is 0 Å². The van der Waals surface area contributed by atoms with E-state index >= 15 is 0 Å². The Hall–Kier alpha value is -0.750. The van der Waals surface area contributed by atoms with E-state index in [-0.39, 0.29) is 11.5 Å². The lowest BCUT2D eigenvalue weighted by Crippen LogP contribution is -2.49. The third kappa shape index (κ3) is 2.74.